The standard InChI is InChI=1S/C20H22N4OS/c1-4-5-11-20(23-24-20)12-10-19(25)21-14(2)16-6-8-17(9-7-16)18-13-26-15(3)22-18/h1,6-9,13-14H,5,10-12H2,2-3H3,(H,21,25). The molecule has 1 aliphatic heterocycles. The SMILES string of the molecule is C#CCCC1(CCC(=O)NC(C)c2ccc(-c3csc(C)n3)cc2)N=N1. The molecule has 0 spiro atoms. The second kappa shape index (κ2) is 7.79. The Bertz CT molecular complexity index is 841. The van der Waals surface area contributed by atoms with Gasteiger partial charge in [0.1, 0.15) is 0 Å². The molecule has 0 bridgehead atoms. The molecule has 0 aliphatic carbocycles. The van der Waals surface area contributed by atoms with E-state index < -0.39 is 5.66 Å². The number of aromatic nitrogens is 1. The van der Waals surface area contributed by atoms with Gasteiger partial charge in [-0.3, -0.25) is 4.79 Å². The van der Waals surface area contributed by atoms with E-state index in [1.165, 1.54) is 0 Å². The third-order valence-electron chi connectivity index (χ3n) is 4.51. The van der Waals surface area contributed by atoms with Crippen LogP contribution >= 0.6 is 11.3 Å². The van der Waals surface area contributed by atoms with Gasteiger partial charge in [-0.1, -0.05) is 24.3 Å². The van der Waals surface area contributed by atoms with Crippen LogP contribution in [0.4, 0.5) is 0 Å². The molecule has 2 aromatic rings. The maximum Gasteiger partial charge on any atom is 0.220 e. The normalized spacial score (nSPS) is 15.3. The van der Waals surface area contributed by atoms with Crippen LogP contribution < -0.4 is 5.32 Å². The van der Waals surface area contributed by atoms with Crippen LogP contribution in [-0.2, 0) is 4.79 Å². The number of hydrogen-bond acceptors (Lipinski definition) is 5. The van der Waals surface area contributed by atoms with Crippen molar-refractivity contribution in [3.63, 3.8) is 0 Å². The number of rotatable bonds is 8. The van der Waals surface area contributed by atoms with Gasteiger partial charge >= 0.3 is 0 Å². The van der Waals surface area contributed by atoms with E-state index in [9.17, 15) is 4.79 Å². The summed E-state index contributed by atoms with van der Waals surface area (Å²) in [5.41, 5.74) is 2.74. The first-order chi connectivity index (χ1) is 12.5. The van der Waals surface area contributed by atoms with Crippen LogP contribution in [-0.4, -0.2) is 16.6 Å². The van der Waals surface area contributed by atoms with Crippen molar-refractivity contribution < 1.29 is 4.79 Å². The predicted molar refractivity (Wildman–Crippen MR) is 104 cm³/mol. The van der Waals surface area contributed by atoms with Gasteiger partial charge in [0, 0.05) is 36.6 Å². The van der Waals surface area contributed by atoms with Gasteiger partial charge in [-0.25, -0.2) is 4.98 Å². The average Bonchev–Trinajstić information content (AvgIpc) is 3.29. The van der Waals surface area contributed by atoms with Crippen molar-refractivity contribution in [1.82, 2.24) is 10.3 Å². The van der Waals surface area contributed by atoms with E-state index in [1.54, 1.807) is 11.3 Å². The molecule has 134 valence electrons. The number of carbonyl (C=O) groups excluding carboxylic acids is 1. The summed E-state index contributed by atoms with van der Waals surface area (Å²) in [6.07, 6.45) is 7.66. The maximum atomic E-state index is 12.2. The molecule has 26 heavy (non-hydrogen) atoms. The fourth-order valence-electron chi connectivity index (χ4n) is 2.82. The lowest BCUT2D eigenvalue weighted by atomic mass is 10.0. The van der Waals surface area contributed by atoms with E-state index in [-0.39, 0.29) is 11.9 Å². The van der Waals surface area contributed by atoms with Gasteiger partial charge in [0.25, 0.3) is 0 Å². The number of benzene rings is 1. The largest absolute Gasteiger partial charge is 0.350 e. The monoisotopic (exact) mass is 366 g/mol. The molecule has 0 saturated heterocycles. The van der Waals surface area contributed by atoms with E-state index in [0.29, 0.717) is 19.3 Å². The van der Waals surface area contributed by atoms with Crippen LogP contribution in [0.1, 0.15) is 49.2 Å². The van der Waals surface area contributed by atoms with Crippen LogP contribution in [0.25, 0.3) is 11.3 Å². The zero-order chi connectivity index (χ0) is 18.6. The number of carbonyl (C=O) groups is 1. The number of amides is 1. The molecule has 0 saturated carbocycles. The second-order valence-electron chi connectivity index (χ2n) is 6.55. The van der Waals surface area contributed by atoms with E-state index in [0.717, 1.165) is 28.2 Å². The molecule has 1 aromatic carbocycles. The molecule has 0 fully saturated rings. The van der Waals surface area contributed by atoms with Crippen molar-refractivity contribution in [1.29, 1.82) is 0 Å². The van der Waals surface area contributed by atoms with Crippen LogP contribution in [0.15, 0.2) is 39.9 Å². The summed E-state index contributed by atoms with van der Waals surface area (Å²) in [5.74, 6) is 2.61. The number of terminal acetylenes is 1. The molecule has 6 heteroatoms. The molecule has 5 nitrogen and oxygen atoms in total. The van der Waals surface area contributed by atoms with Crippen LogP contribution in [0.2, 0.25) is 0 Å². The summed E-state index contributed by atoms with van der Waals surface area (Å²) in [6, 6.07) is 8.11. The molecule has 1 aromatic heterocycles. The first kappa shape index (κ1) is 18.3. The minimum absolute atomic E-state index is 0.00841. The van der Waals surface area contributed by atoms with Crippen molar-refractivity contribution in [2.45, 2.75) is 51.2 Å². The number of hydrogen-bond donors (Lipinski definition) is 1. The first-order valence-corrected chi connectivity index (χ1v) is 9.59. The van der Waals surface area contributed by atoms with Crippen molar-refractivity contribution in [3.8, 4) is 23.6 Å². The van der Waals surface area contributed by atoms with E-state index in [1.807, 2.05) is 38.1 Å². The average molecular weight is 366 g/mol. The Balaban J connectivity index is 1.50. The second-order valence-corrected chi connectivity index (χ2v) is 7.61. The molecule has 2 heterocycles. The topological polar surface area (TPSA) is 66.7 Å². The lowest BCUT2D eigenvalue weighted by molar-refractivity contribution is -0.122. The van der Waals surface area contributed by atoms with Gasteiger partial charge < -0.3 is 5.32 Å². The fraction of sp³-hybridized carbons (Fsp3) is 0.400. The first-order valence-electron chi connectivity index (χ1n) is 8.71. The smallest absolute Gasteiger partial charge is 0.220 e. The molecule has 1 unspecified atom stereocenters. The molecule has 1 atom stereocenters. The van der Waals surface area contributed by atoms with Gasteiger partial charge in [0.2, 0.25) is 5.91 Å². The molecule has 1 amide bonds. The number of thiazole rings is 1. The lowest BCUT2D eigenvalue weighted by Gasteiger charge is -2.15. The summed E-state index contributed by atoms with van der Waals surface area (Å²) in [6.45, 7) is 3.99. The van der Waals surface area contributed by atoms with Crippen LogP contribution in [0.3, 0.4) is 0 Å². The van der Waals surface area contributed by atoms with E-state index in [2.05, 4.69) is 31.8 Å². The Morgan fingerprint density at radius 1 is 1.31 bits per heavy atom. The highest BCUT2D eigenvalue weighted by molar-refractivity contribution is 7.09. The molecule has 1 aliphatic rings. The van der Waals surface area contributed by atoms with Gasteiger partial charge in [0.15, 0.2) is 5.66 Å². The van der Waals surface area contributed by atoms with Gasteiger partial charge in [0.05, 0.1) is 16.7 Å². The Morgan fingerprint density at radius 2 is 2.04 bits per heavy atom. The Kier molecular flexibility index (Phi) is 5.48. The molecular formula is C20H22N4OS. The zero-order valence-corrected chi connectivity index (χ0v) is 15.8. The third-order valence-corrected chi connectivity index (χ3v) is 5.28. The maximum absolute atomic E-state index is 12.2. The third kappa shape index (κ3) is 4.55. The van der Waals surface area contributed by atoms with Crippen molar-refractivity contribution in [3.05, 3.63) is 40.2 Å². The summed E-state index contributed by atoms with van der Waals surface area (Å²) >= 11 is 1.64. The highest BCUT2D eigenvalue weighted by Crippen LogP contribution is 2.37. The summed E-state index contributed by atoms with van der Waals surface area (Å²) in [4.78, 5) is 16.7. The Hall–Kier alpha value is -2.52. The lowest BCUT2D eigenvalue weighted by Crippen LogP contribution is -2.28. The predicted octanol–water partition coefficient (Wildman–Crippen LogP) is 4.65. The van der Waals surface area contributed by atoms with Gasteiger partial charge in [-0.2, -0.15) is 10.2 Å². The van der Waals surface area contributed by atoms with Crippen molar-refractivity contribution >= 4 is 17.2 Å². The Morgan fingerprint density at radius 3 is 2.62 bits per heavy atom. The van der Waals surface area contributed by atoms with Gasteiger partial charge in [-0.05, 0) is 19.4 Å². The molecule has 3 rings (SSSR count). The fourth-order valence-corrected chi connectivity index (χ4v) is 3.44. The summed E-state index contributed by atoms with van der Waals surface area (Å²) in [7, 11) is 0. The van der Waals surface area contributed by atoms with Crippen molar-refractivity contribution in [2.24, 2.45) is 10.2 Å². The summed E-state index contributed by atoms with van der Waals surface area (Å²) in [5, 5.41) is 14.3. The number of aryl methyl sites for hydroxylation is 1. The minimum atomic E-state index is -0.403. The molecule has 1 N–H and O–H groups in total. The minimum Gasteiger partial charge on any atom is -0.350 e. The molecular weight excluding hydrogens is 344 g/mol. The zero-order valence-electron chi connectivity index (χ0n) is 15.0. The van der Waals surface area contributed by atoms with Crippen LogP contribution in [0.5, 0.6) is 0 Å². The van der Waals surface area contributed by atoms with E-state index >= 15 is 0 Å². The van der Waals surface area contributed by atoms with Crippen LogP contribution in [0, 0.1) is 19.3 Å². The summed E-state index contributed by atoms with van der Waals surface area (Å²) < 4.78 is 0. The van der Waals surface area contributed by atoms with Crippen molar-refractivity contribution in [2.75, 3.05) is 0 Å². The number of nitrogens with zero attached hydrogens (tertiary/aromatic N) is 3. The van der Waals surface area contributed by atoms with E-state index in [4.69, 9.17) is 6.42 Å². The highest BCUT2D eigenvalue weighted by atomic mass is 32.1. The molecule has 0 radical (unpaired) electrons. The highest BCUT2D eigenvalue weighted by Gasteiger charge is 2.39. The number of nitrogens with one attached hydrogen (secondary N) is 1. The van der Waals surface area contributed by atoms with Gasteiger partial charge in [-0.15, -0.1) is 23.7 Å². The Labute approximate surface area is 158 Å². The quantitative estimate of drug-likeness (QED) is 0.691.